The van der Waals surface area contributed by atoms with Crippen LogP contribution in [0.2, 0.25) is 0 Å². The standard InChI is InChI=1S/C15H26N4O2/c1-2-6-16-14(13-11-17-19-18-13)12-3-7-21-15(10-12)4-8-20-9-5-15/h11-12,14,16H,2-10H2,1H3,(H,17,18,19). The van der Waals surface area contributed by atoms with Gasteiger partial charge < -0.3 is 14.8 Å². The third kappa shape index (κ3) is 3.44. The lowest BCUT2D eigenvalue weighted by atomic mass is 9.77. The van der Waals surface area contributed by atoms with E-state index in [0.717, 1.165) is 64.2 Å². The summed E-state index contributed by atoms with van der Waals surface area (Å²) in [6, 6.07) is 0.271. The minimum Gasteiger partial charge on any atom is -0.381 e. The average molecular weight is 294 g/mol. The summed E-state index contributed by atoms with van der Waals surface area (Å²) < 4.78 is 11.7. The molecule has 3 heterocycles. The molecule has 6 nitrogen and oxygen atoms in total. The molecule has 2 saturated heterocycles. The molecule has 0 saturated carbocycles. The molecule has 2 aliphatic rings. The molecule has 0 aromatic carbocycles. The fraction of sp³-hybridized carbons (Fsp3) is 0.867. The topological polar surface area (TPSA) is 72.1 Å². The maximum atomic E-state index is 6.16. The summed E-state index contributed by atoms with van der Waals surface area (Å²) in [7, 11) is 0. The Morgan fingerprint density at radius 2 is 2.29 bits per heavy atom. The molecular weight excluding hydrogens is 268 g/mol. The van der Waals surface area contributed by atoms with Crippen molar-refractivity contribution in [3.8, 4) is 0 Å². The van der Waals surface area contributed by atoms with Crippen LogP contribution in [-0.4, -0.2) is 47.4 Å². The SMILES string of the molecule is CCCNC(c1cn[nH]n1)C1CCOC2(CCOCC2)C1. The molecule has 21 heavy (non-hydrogen) atoms. The van der Waals surface area contributed by atoms with E-state index in [0.29, 0.717) is 5.92 Å². The van der Waals surface area contributed by atoms with Crippen LogP contribution >= 0.6 is 0 Å². The first kappa shape index (κ1) is 14.9. The van der Waals surface area contributed by atoms with Crippen LogP contribution in [0, 0.1) is 5.92 Å². The van der Waals surface area contributed by atoms with Crippen molar-refractivity contribution in [2.75, 3.05) is 26.4 Å². The van der Waals surface area contributed by atoms with Gasteiger partial charge in [0, 0.05) is 19.8 Å². The number of hydrogen-bond acceptors (Lipinski definition) is 5. The van der Waals surface area contributed by atoms with E-state index in [1.807, 2.05) is 6.20 Å². The van der Waals surface area contributed by atoms with Gasteiger partial charge in [-0.3, -0.25) is 0 Å². The van der Waals surface area contributed by atoms with Crippen LogP contribution in [0.25, 0.3) is 0 Å². The van der Waals surface area contributed by atoms with Crippen LogP contribution in [0.3, 0.4) is 0 Å². The van der Waals surface area contributed by atoms with Crippen LogP contribution in [0.1, 0.15) is 50.8 Å². The van der Waals surface area contributed by atoms with Crippen molar-refractivity contribution in [1.82, 2.24) is 20.7 Å². The zero-order chi connectivity index (χ0) is 14.5. The maximum Gasteiger partial charge on any atom is 0.0996 e. The highest BCUT2D eigenvalue weighted by Crippen LogP contribution is 2.41. The van der Waals surface area contributed by atoms with Gasteiger partial charge in [0.05, 0.1) is 23.5 Å². The molecule has 0 aliphatic carbocycles. The summed E-state index contributed by atoms with van der Waals surface area (Å²) in [5.41, 5.74) is 1.05. The molecule has 0 amide bonds. The first-order valence-electron chi connectivity index (χ1n) is 8.14. The van der Waals surface area contributed by atoms with E-state index in [1.54, 1.807) is 0 Å². The van der Waals surface area contributed by atoms with Gasteiger partial charge in [0.15, 0.2) is 0 Å². The zero-order valence-corrected chi connectivity index (χ0v) is 12.8. The van der Waals surface area contributed by atoms with Crippen LogP contribution in [0.5, 0.6) is 0 Å². The first-order valence-corrected chi connectivity index (χ1v) is 8.14. The van der Waals surface area contributed by atoms with Crippen molar-refractivity contribution in [2.24, 2.45) is 5.92 Å². The summed E-state index contributed by atoms with van der Waals surface area (Å²) in [5.74, 6) is 0.550. The molecule has 6 heteroatoms. The van der Waals surface area contributed by atoms with Gasteiger partial charge in [-0.2, -0.15) is 15.4 Å². The van der Waals surface area contributed by atoms with Crippen LogP contribution in [-0.2, 0) is 9.47 Å². The monoisotopic (exact) mass is 294 g/mol. The number of ether oxygens (including phenoxy) is 2. The van der Waals surface area contributed by atoms with Gasteiger partial charge >= 0.3 is 0 Å². The van der Waals surface area contributed by atoms with Crippen molar-refractivity contribution in [1.29, 1.82) is 0 Å². The third-order valence-corrected chi connectivity index (χ3v) is 4.77. The lowest BCUT2D eigenvalue weighted by Crippen LogP contribution is -2.47. The van der Waals surface area contributed by atoms with Crippen molar-refractivity contribution in [3.63, 3.8) is 0 Å². The number of hydrogen-bond donors (Lipinski definition) is 2. The van der Waals surface area contributed by atoms with E-state index < -0.39 is 0 Å². The van der Waals surface area contributed by atoms with Crippen LogP contribution < -0.4 is 5.32 Å². The number of H-pyrrole nitrogens is 1. The first-order chi connectivity index (χ1) is 10.3. The van der Waals surface area contributed by atoms with E-state index in [4.69, 9.17) is 9.47 Å². The van der Waals surface area contributed by atoms with Crippen LogP contribution in [0.15, 0.2) is 6.20 Å². The number of nitrogens with one attached hydrogen (secondary N) is 2. The molecule has 3 rings (SSSR count). The Kier molecular flexibility index (Phi) is 4.87. The minimum absolute atomic E-state index is 0.0248. The Morgan fingerprint density at radius 1 is 1.43 bits per heavy atom. The number of rotatable bonds is 5. The lowest BCUT2D eigenvalue weighted by molar-refractivity contribution is -0.150. The normalized spacial score (nSPS) is 26.8. The average Bonchev–Trinajstić information content (AvgIpc) is 3.03. The second kappa shape index (κ2) is 6.85. The molecule has 2 aliphatic heterocycles. The molecule has 0 radical (unpaired) electrons. The Morgan fingerprint density at radius 3 is 3.00 bits per heavy atom. The van der Waals surface area contributed by atoms with Crippen molar-refractivity contribution < 1.29 is 9.47 Å². The largest absolute Gasteiger partial charge is 0.381 e. The van der Waals surface area contributed by atoms with E-state index in [1.165, 1.54) is 0 Å². The van der Waals surface area contributed by atoms with Crippen molar-refractivity contribution in [3.05, 3.63) is 11.9 Å². The zero-order valence-electron chi connectivity index (χ0n) is 12.8. The lowest BCUT2D eigenvalue weighted by Gasteiger charge is -2.45. The highest BCUT2D eigenvalue weighted by Gasteiger charge is 2.41. The Labute approximate surface area is 126 Å². The summed E-state index contributed by atoms with van der Waals surface area (Å²) in [6.45, 7) is 5.68. The van der Waals surface area contributed by atoms with Gasteiger partial charge in [-0.15, -0.1) is 0 Å². The Balaban J connectivity index is 1.72. The summed E-state index contributed by atoms with van der Waals surface area (Å²) in [4.78, 5) is 0. The van der Waals surface area contributed by atoms with Crippen molar-refractivity contribution >= 4 is 0 Å². The highest BCUT2D eigenvalue weighted by molar-refractivity contribution is 5.05. The van der Waals surface area contributed by atoms with Crippen LogP contribution in [0.4, 0.5) is 0 Å². The summed E-state index contributed by atoms with van der Waals surface area (Å²) in [6.07, 6.45) is 7.17. The predicted molar refractivity (Wildman–Crippen MR) is 78.9 cm³/mol. The third-order valence-electron chi connectivity index (χ3n) is 4.77. The smallest absolute Gasteiger partial charge is 0.0996 e. The van der Waals surface area contributed by atoms with Gasteiger partial charge in [0.2, 0.25) is 0 Å². The van der Waals surface area contributed by atoms with E-state index in [9.17, 15) is 0 Å². The number of nitrogens with zero attached hydrogens (tertiary/aromatic N) is 2. The molecule has 0 bridgehead atoms. The van der Waals surface area contributed by atoms with E-state index in [-0.39, 0.29) is 11.6 Å². The fourth-order valence-electron chi connectivity index (χ4n) is 3.61. The Bertz CT molecular complexity index is 412. The molecule has 2 N–H and O–H groups in total. The summed E-state index contributed by atoms with van der Waals surface area (Å²) in [5, 5.41) is 14.7. The highest BCUT2D eigenvalue weighted by atomic mass is 16.5. The van der Waals surface area contributed by atoms with Crippen molar-refractivity contribution in [2.45, 2.75) is 50.7 Å². The number of aromatic amines is 1. The van der Waals surface area contributed by atoms with Gasteiger partial charge in [0.25, 0.3) is 0 Å². The van der Waals surface area contributed by atoms with E-state index in [2.05, 4.69) is 27.7 Å². The van der Waals surface area contributed by atoms with Gasteiger partial charge in [-0.25, -0.2) is 0 Å². The van der Waals surface area contributed by atoms with E-state index >= 15 is 0 Å². The molecule has 1 spiro atoms. The Hall–Kier alpha value is -0.980. The van der Waals surface area contributed by atoms with Gasteiger partial charge in [-0.05, 0) is 44.6 Å². The number of aromatic nitrogens is 3. The molecule has 1 aromatic rings. The molecule has 2 unspecified atom stereocenters. The maximum absolute atomic E-state index is 6.16. The van der Waals surface area contributed by atoms with Gasteiger partial charge in [-0.1, -0.05) is 6.92 Å². The second-order valence-electron chi connectivity index (χ2n) is 6.22. The molecular formula is C15H26N4O2. The summed E-state index contributed by atoms with van der Waals surface area (Å²) >= 11 is 0. The fourth-order valence-corrected chi connectivity index (χ4v) is 3.61. The molecule has 2 fully saturated rings. The molecule has 118 valence electrons. The second-order valence-corrected chi connectivity index (χ2v) is 6.22. The minimum atomic E-state index is 0.0248. The van der Waals surface area contributed by atoms with Gasteiger partial charge in [0.1, 0.15) is 0 Å². The quantitative estimate of drug-likeness (QED) is 0.866. The molecule has 2 atom stereocenters. The predicted octanol–water partition coefficient (Wildman–Crippen LogP) is 1.82. The molecule has 1 aromatic heterocycles.